The Morgan fingerprint density at radius 3 is 3.00 bits per heavy atom. The number of nitrogens with zero attached hydrogens (tertiary/aromatic N) is 2. The molecule has 0 radical (unpaired) electrons. The molecule has 7 nitrogen and oxygen atoms in total. The first-order valence-corrected chi connectivity index (χ1v) is 6.03. The Kier molecular flexibility index (Phi) is 3.71. The van der Waals surface area contributed by atoms with E-state index in [4.69, 9.17) is 0 Å². The van der Waals surface area contributed by atoms with E-state index in [-0.39, 0.29) is 11.4 Å². The minimum atomic E-state index is -0.561. The van der Waals surface area contributed by atoms with Crippen LogP contribution in [0.2, 0.25) is 0 Å². The van der Waals surface area contributed by atoms with Gasteiger partial charge < -0.3 is 10.1 Å². The van der Waals surface area contributed by atoms with E-state index in [1.54, 1.807) is 12.1 Å². The Hall–Kier alpha value is -2.48. The Morgan fingerprint density at radius 1 is 1.53 bits per heavy atom. The van der Waals surface area contributed by atoms with Crippen molar-refractivity contribution in [3.8, 4) is 0 Å². The van der Waals surface area contributed by atoms with E-state index >= 15 is 0 Å². The van der Waals surface area contributed by atoms with E-state index in [0.29, 0.717) is 10.7 Å². The van der Waals surface area contributed by atoms with Crippen LogP contribution in [0.15, 0.2) is 29.8 Å². The number of rotatable bonds is 4. The van der Waals surface area contributed by atoms with Gasteiger partial charge in [-0.1, -0.05) is 6.07 Å². The lowest BCUT2D eigenvalue weighted by Crippen LogP contribution is -2.04. The molecule has 0 aliphatic carbocycles. The summed E-state index contributed by atoms with van der Waals surface area (Å²) in [4.78, 5) is 25.5. The second-order valence-electron chi connectivity index (χ2n) is 3.45. The molecule has 0 bridgehead atoms. The van der Waals surface area contributed by atoms with Gasteiger partial charge in [-0.2, -0.15) is 0 Å². The molecule has 0 fully saturated rings. The number of hydrogen-bond donors (Lipinski definition) is 1. The van der Waals surface area contributed by atoms with Gasteiger partial charge in [0, 0.05) is 17.8 Å². The van der Waals surface area contributed by atoms with E-state index in [1.165, 1.54) is 36.1 Å². The summed E-state index contributed by atoms with van der Waals surface area (Å²) in [5.74, 6) is -0.561. The van der Waals surface area contributed by atoms with Gasteiger partial charge >= 0.3 is 5.97 Å². The molecule has 19 heavy (non-hydrogen) atoms. The number of carbonyl (C=O) groups is 1. The van der Waals surface area contributed by atoms with Crippen LogP contribution in [0.4, 0.5) is 16.4 Å². The minimum Gasteiger partial charge on any atom is -0.464 e. The van der Waals surface area contributed by atoms with Gasteiger partial charge in [0.1, 0.15) is 5.00 Å². The van der Waals surface area contributed by atoms with Crippen molar-refractivity contribution >= 4 is 33.7 Å². The van der Waals surface area contributed by atoms with Crippen LogP contribution in [0.1, 0.15) is 10.5 Å². The summed E-state index contributed by atoms with van der Waals surface area (Å²) in [6.07, 6.45) is 0. The molecule has 1 aromatic carbocycles. The van der Waals surface area contributed by atoms with Gasteiger partial charge in [0.05, 0.1) is 17.5 Å². The molecular weight excluding hydrogens is 270 g/mol. The van der Waals surface area contributed by atoms with Crippen LogP contribution in [-0.4, -0.2) is 23.0 Å². The number of nitrogens with one attached hydrogen (secondary N) is 1. The lowest BCUT2D eigenvalue weighted by Gasteiger charge is -2.04. The van der Waals surface area contributed by atoms with Gasteiger partial charge in [0.2, 0.25) is 0 Å². The molecule has 1 aromatic heterocycles. The number of non-ortho nitro benzene ring substituents is 1. The molecule has 8 heteroatoms. The molecule has 0 aliphatic heterocycles. The SMILES string of the molecule is COC(=O)c1ncsc1Nc1cccc([N+](=O)[O-])c1. The molecule has 0 atom stereocenters. The number of methoxy groups -OCH3 is 1. The Balaban J connectivity index is 2.26. The lowest BCUT2D eigenvalue weighted by molar-refractivity contribution is -0.384. The largest absolute Gasteiger partial charge is 0.464 e. The van der Waals surface area contributed by atoms with E-state index in [2.05, 4.69) is 15.0 Å². The van der Waals surface area contributed by atoms with E-state index in [0.717, 1.165) is 0 Å². The van der Waals surface area contributed by atoms with Crippen LogP contribution in [0, 0.1) is 10.1 Å². The first-order chi connectivity index (χ1) is 9.11. The topological polar surface area (TPSA) is 94.4 Å². The van der Waals surface area contributed by atoms with Crippen molar-refractivity contribution in [1.82, 2.24) is 4.98 Å². The van der Waals surface area contributed by atoms with Gasteiger partial charge in [-0.3, -0.25) is 10.1 Å². The Bertz CT molecular complexity index is 626. The maximum Gasteiger partial charge on any atom is 0.359 e. The van der Waals surface area contributed by atoms with Crippen LogP contribution in [0.25, 0.3) is 0 Å². The summed E-state index contributed by atoms with van der Waals surface area (Å²) in [6.45, 7) is 0. The Morgan fingerprint density at radius 2 is 2.32 bits per heavy atom. The van der Waals surface area contributed by atoms with Gasteiger partial charge in [0.25, 0.3) is 5.69 Å². The predicted octanol–water partition coefficient (Wildman–Crippen LogP) is 2.58. The van der Waals surface area contributed by atoms with Crippen LogP contribution < -0.4 is 5.32 Å². The third kappa shape index (κ3) is 2.86. The van der Waals surface area contributed by atoms with Crippen molar-refractivity contribution in [2.45, 2.75) is 0 Å². The zero-order valence-corrected chi connectivity index (χ0v) is 10.6. The molecule has 98 valence electrons. The smallest absolute Gasteiger partial charge is 0.359 e. The van der Waals surface area contributed by atoms with Gasteiger partial charge in [-0.15, -0.1) is 11.3 Å². The van der Waals surface area contributed by atoms with Crippen molar-refractivity contribution in [3.05, 3.63) is 45.6 Å². The highest BCUT2D eigenvalue weighted by Crippen LogP contribution is 2.27. The molecular formula is C11H9N3O4S. The zero-order chi connectivity index (χ0) is 13.8. The number of aromatic nitrogens is 1. The second-order valence-corrected chi connectivity index (χ2v) is 4.31. The van der Waals surface area contributed by atoms with Crippen LogP contribution >= 0.6 is 11.3 Å². The quantitative estimate of drug-likeness (QED) is 0.525. The van der Waals surface area contributed by atoms with Crippen LogP contribution in [0.5, 0.6) is 0 Å². The number of thiazole rings is 1. The number of ether oxygens (including phenoxy) is 1. The van der Waals surface area contributed by atoms with Crippen molar-refractivity contribution in [2.24, 2.45) is 0 Å². The maximum atomic E-state index is 11.4. The molecule has 0 spiro atoms. The van der Waals surface area contributed by atoms with E-state index in [1.807, 2.05) is 0 Å². The van der Waals surface area contributed by atoms with Gasteiger partial charge in [-0.05, 0) is 6.07 Å². The molecule has 1 N–H and O–H groups in total. The molecule has 0 amide bonds. The third-order valence-corrected chi connectivity index (χ3v) is 3.00. The summed E-state index contributed by atoms with van der Waals surface area (Å²) in [7, 11) is 1.26. The standard InChI is InChI=1S/C11H9N3O4S/c1-18-11(15)9-10(19-6-12-9)13-7-3-2-4-8(5-7)14(16)17/h2-6,13H,1H3. The van der Waals surface area contributed by atoms with Gasteiger partial charge in [-0.25, -0.2) is 9.78 Å². The monoisotopic (exact) mass is 279 g/mol. The summed E-state index contributed by atoms with van der Waals surface area (Å²) < 4.78 is 4.59. The first-order valence-electron chi connectivity index (χ1n) is 5.15. The number of nitro benzene ring substituents is 1. The molecule has 0 saturated carbocycles. The summed E-state index contributed by atoms with van der Waals surface area (Å²) in [5.41, 5.74) is 2.11. The van der Waals surface area contributed by atoms with Crippen LogP contribution in [-0.2, 0) is 4.74 Å². The van der Waals surface area contributed by atoms with Crippen LogP contribution in [0.3, 0.4) is 0 Å². The molecule has 2 aromatic rings. The molecule has 2 rings (SSSR count). The number of carbonyl (C=O) groups excluding carboxylic acids is 1. The minimum absolute atomic E-state index is 0.0332. The average Bonchev–Trinajstić information content (AvgIpc) is 2.86. The molecule has 0 aliphatic rings. The zero-order valence-electron chi connectivity index (χ0n) is 9.82. The highest BCUT2D eigenvalue weighted by atomic mass is 32.1. The summed E-state index contributed by atoms with van der Waals surface area (Å²) >= 11 is 1.21. The average molecular weight is 279 g/mol. The first kappa shape index (κ1) is 13.0. The van der Waals surface area contributed by atoms with Crippen molar-refractivity contribution in [2.75, 3.05) is 12.4 Å². The molecule has 0 unspecified atom stereocenters. The van der Waals surface area contributed by atoms with Gasteiger partial charge in [0.15, 0.2) is 5.69 Å². The fraction of sp³-hybridized carbons (Fsp3) is 0.0909. The summed E-state index contributed by atoms with van der Waals surface area (Å²) in [5, 5.41) is 14.1. The highest BCUT2D eigenvalue weighted by Gasteiger charge is 2.16. The number of benzene rings is 1. The van der Waals surface area contributed by atoms with E-state index in [9.17, 15) is 14.9 Å². The number of esters is 1. The number of nitro groups is 1. The second kappa shape index (κ2) is 5.44. The highest BCUT2D eigenvalue weighted by molar-refractivity contribution is 7.14. The summed E-state index contributed by atoms with van der Waals surface area (Å²) in [6, 6.07) is 5.98. The number of hydrogen-bond acceptors (Lipinski definition) is 7. The van der Waals surface area contributed by atoms with Crippen molar-refractivity contribution in [3.63, 3.8) is 0 Å². The predicted molar refractivity (Wildman–Crippen MR) is 69.8 cm³/mol. The fourth-order valence-corrected chi connectivity index (χ4v) is 2.09. The van der Waals surface area contributed by atoms with Crippen molar-refractivity contribution < 1.29 is 14.5 Å². The van der Waals surface area contributed by atoms with Crippen molar-refractivity contribution in [1.29, 1.82) is 0 Å². The molecule has 0 saturated heterocycles. The molecule has 1 heterocycles. The number of anilines is 2. The third-order valence-electron chi connectivity index (χ3n) is 2.26. The Labute approximate surface area is 112 Å². The maximum absolute atomic E-state index is 11.4. The van der Waals surface area contributed by atoms with E-state index < -0.39 is 10.9 Å². The lowest BCUT2D eigenvalue weighted by atomic mass is 10.3. The fourth-order valence-electron chi connectivity index (χ4n) is 1.41. The normalized spacial score (nSPS) is 9.95.